The van der Waals surface area contributed by atoms with Gasteiger partial charge in [0.15, 0.2) is 0 Å². The summed E-state index contributed by atoms with van der Waals surface area (Å²) >= 11 is 0. The minimum atomic E-state index is -0.281. The Bertz CT molecular complexity index is 1060. The van der Waals surface area contributed by atoms with Crippen LogP contribution in [0.4, 0.5) is 0 Å². The summed E-state index contributed by atoms with van der Waals surface area (Å²) in [6.45, 7) is 4.50. The molecule has 0 spiro atoms. The molecule has 0 saturated heterocycles. The molecule has 4 rings (SSSR count). The average Bonchev–Trinajstić information content (AvgIpc) is 3.70. The minimum absolute atomic E-state index is 0.0407. The lowest BCUT2D eigenvalue weighted by molar-refractivity contribution is -0.140. The van der Waals surface area contributed by atoms with Crippen molar-refractivity contribution in [3.8, 4) is 22.9 Å². The van der Waals surface area contributed by atoms with Crippen LogP contribution in [0.1, 0.15) is 122 Å². The summed E-state index contributed by atoms with van der Waals surface area (Å²) in [5.74, 6) is 1.90. The van der Waals surface area contributed by atoms with Crippen molar-refractivity contribution in [2.75, 3.05) is 0 Å². The molecule has 3 nitrogen and oxygen atoms in total. The van der Waals surface area contributed by atoms with E-state index >= 15 is 0 Å². The molecule has 2 aromatic rings. The third-order valence-corrected chi connectivity index (χ3v) is 9.41. The zero-order valence-electron chi connectivity index (χ0n) is 24.4. The van der Waals surface area contributed by atoms with Crippen LogP contribution in [0.25, 0.3) is 11.1 Å². The summed E-state index contributed by atoms with van der Waals surface area (Å²) in [7, 11) is 0. The number of hydrogen-bond donors (Lipinski definition) is 0. The third kappa shape index (κ3) is 7.97. The number of carbonyl (C=O) groups excluding carboxylic acids is 1. The van der Waals surface area contributed by atoms with Gasteiger partial charge >= 0.3 is 5.97 Å². The Morgan fingerprint density at radius 1 is 0.795 bits per heavy atom. The maximum atomic E-state index is 12.8. The highest BCUT2D eigenvalue weighted by atomic mass is 16.5. The molecule has 3 heteroatoms. The fraction of sp³-hybridized carbons (Fsp3) is 0.611. The summed E-state index contributed by atoms with van der Waals surface area (Å²) in [6, 6.07) is 19.1. The number of nitrogens with zero attached hydrogens (tertiary/aromatic N) is 1. The first-order valence-electron chi connectivity index (χ1n) is 15.9. The summed E-state index contributed by atoms with van der Waals surface area (Å²) in [5, 5.41) is 9.95. The van der Waals surface area contributed by atoms with E-state index in [0.29, 0.717) is 11.7 Å². The molecule has 2 aromatic carbocycles. The van der Waals surface area contributed by atoms with Crippen LogP contribution in [0.5, 0.6) is 5.75 Å². The van der Waals surface area contributed by atoms with E-state index in [-0.39, 0.29) is 17.3 Å². The van der Waals surface area contributed by atoms with Crippen molar-refractivity contribution in [3.63, 3.8) is 0 Å². The SMILES string of the molecule is CCCCCCCC1CCC(C(=O)Oc2ccc(-c3ccc([C@]4(C#N)C[C@@H]4CCCCCC)cc3)cc2)CC1. The Morgan fingerprint density at radius 3 is 1.97 bits per heavy atom. The highest BCUT2D eigenvalue weighted by Crippen LogP contribution is 2.56. The van der Waals surface area contributed by atoms with Crippen LogP contribution in [0.15, 0.2) is 48.5 Å². The van der Waals surface area contributed by atoms with E-state index in [4.69, 9.17) is 4.74 Å². The van der Waals surface area contributed by atoms with Crippen LogP contribution in [0.3, 0.4) is 0 Å². The normalized spacial score (nSPS) is 24.2. The van der Waals surface area contributed by atoms with Gasteiger partial charge in [-0.15, -0.1) is 0 Å². The predicted molar refractivity (Wildman–Crippen MR) is 160 cm³/mol. The lowest BCUT2D eigenvalue weighted by Gasteiger charge is -2.27. The molecule has 39 heavy (non-hydrogen) atoms. The van der Waals surface area contributed by atoms with Crippen molar-refractivity contribution in [1.82, 2.24) is 0 Å². The van der Waals surface area contributed by atoms with Gasteiger partial charge < -0.3 is 4.74 Å². The zero-order valence-corrected chi connectivity index (χ0v) is 24.4. The molecule has 2 fully saturated rings. The van der Waals surface area contributed by atoms with E-state index in [1.165, 1.54) is 64.2 Å². The van der Waals surface area contributed by atoms with Crippen molar-refractivity contribution in [1.29, 1.82) is 5.26 Å². The monoisotopic (exact) mass is 527 g/mol. The maximum absolute atomic E-state index is 12.8. The fourth-order valence-electron chi connectivity index (χ4n) is 6.65. The van der Waals surface area contributed by atoms with Crippen LogP contribution in [-0.2, 0) is 10.2 Å². The number of nitriles is 1. The van der Waals surface area contributed by atoms with Crippen molar-refractivity contribution >= 4 is 5.97 Å². The fourth-order valence-corrected chi connectivity index (χ4v) is 6.65. The minimum Gasteiger partial charge on any atom is -0.426 e. The number of rotatable bonds is 15. The maximum Gasteiger partial charge on any atom is 0.314 e. The van der Waals surface area contributed by atoms with Gasteiger partial charge in [-0.05, 0) is 79.2 Å². The predicted octanol–water partition coefficient (Wildman–Crippen LogP) is 10.2. The Balaban J connectivity index is 1.23. The first kappa shape index (κ1) is 29.4. The number of ether oxygens (including phenoxy) is 1. The second kappa shape index (κ2) is 14.7. The molecule has 0 amide bonds. The van der Waals surface area contributed by atoms with Crippen molar-refractivity contribution in [3.05, 3.63) is 54.1 Å². The van der Waals surface area contributed by atoms with Gasteiger partial charge in [-0.1, -0.05) is 114 Å². The Hall–Kier alpha value is -2.60. The molecule has 2 saturated carbocycles. The molecule has 0 aromatic heterocycles. The average molecular weight is 528 g/mol. The van der Waals surface area contributed by atoms with Crippen LogP contribution in [0.2, 0.25) is 0 Å². The largest absolute Gasteiger partial charge is 0.426 e. The molecule has 2 atom stereocenters. The van der Waals surface area contributed by atoms with Crippen LogP contribution in [-0.4, -0.2) is 5.97 Å². The topological polar surface area (TPSA) is 50.1 Å². The van der Waals surface area contributed by atoms with Gasteiger partial charge in [0.2, 0.25) is 0 Å². The number of benzene rings is 2. The van der Waals surface area contributed by atoms with Gasteiger partial charge in [0.1, 0.15) is 5.75 Å². The summed E-state index contributed by atoms with van der Waals surface area (Å²) in [5.41, 5.74) is 3.10. The second-order valence-electron chi connectivity index (χ2n) is 12.3. The molecule has 0 aliphatic heterocycles. The van der Waals surface area contributed by atoms with Gasteiger partial charge in [-0.25, -0.2) is 0 Å². The first-order chi connectivity index (χ1) is 19.1. The number of carbonyl (C=O) groups is 1. The highest BCUT2D eigenvalue weighted by molar-refractivity contribution is 5.75. The molecule has 2 aliphatic rings. The Kier molecular flexibility index (Phi) is 11.1. The van der Waals surface area contributed by atoms with Crippen molar-refractivity contribution < 1.29 is 9.53 Å². The van der Waals surface area contributed by atoms with E-state index in [1.807, 2.05) is 24.3 Å². The van der Waals surface area contributed by atoms with Gasteiger partial charge in [0.05, 0.1) is 17.4 Å². The molecule has 2 aliphatic carbocycles. The molecule has 210 valence electrons. The lowest BCUT2D eigenvalue weighted by Crippen LogP contribution is -2.25. The number of esters is 1. The summed E-state index contributed by atoms with van der Waals surface area (Å²) < 4.78 is 5.78. The van der Waals surface area contributed by atoms with Crippen LogP contribution in [0, 0.1) is 29.1 Å². The van der Waals surface area contributed by atoms with Crippen LogP contribution >= 0.6 is 0 Å². The quantitative estimate of drug-likeness (QED) is 0.131. The van der Waals surface area contributed by atoms with E-state index < -0.39 is 0 Å². The van der Waals surface area contributed by atoms with Gasteiger partial charge in [-0.3, -0.25) is 4.79 Å². The number of hydrogen-bond acceptors (Lipinski definition) is 3. The van der Waals surface area contributed by atoms with Gasteiger partial charge in [0.25, 0.3) is 0 Å². The molecule has 0 N–H and O–H groups in total. The highest BCUT2D eigenvalue weighted by Gasteiger charge is 2.55. The van der Waals surface area contributed by atoms with E-state index in [0.717, 1.165) is 61.1 Å². The van der Waals surface area contributed by atoms with Gasteiger partial charge in [0, 0.05) is 0 Å². The molecule has 0 radical (unpaired) electrons. The van der Waals surface area contributed by atoms with E-state index in [1.54, 1.807) is 0 Å². The third-order valence-electron chi connectivity index (χ3n) is 9.41. The zero-order chi connectivity index (χ0) is 27.5. The van der Waals surface area contributed by atoms with Crippen molar-refractivity contribution in [2.24, 2.45) is 17.8 Å². The Morgan fingerprint density at radius 2 is 1.36 bits per heavy atom. The van der Waals surface area contributed by atoms with Crippen molar-refractivity contribution in [2.45, 2.75) is 122 Å². The standard InChI is InChI=1S/C36H49NO2/c1-3-5-7-9-10-12-28-14-16-31(17-15-28)35(38)39-34-24-20-30(21-25-34)29-18-22-32(23-19-29)36(27-37)26-33(36)13-11-8-6-4-2/h18-25,28,31,33H,3-17,26H2,1-2H3/t28?,31?,33-,36+/m0/s1. The second-order valence-corrected chi connectivity index (χ2v) is 12.3. The molecular formula is C36H49NO2. The summed E-state index contributed by atoms with van der Waals surface area (Å²) in [4.78, 5) is 12.8. The lowest BCUT2D eigenvalue weighted by atomic mass is 9.80. The smallest absolute Gasteiger partial charge is 0.314 e. The van der Waals surface area contributed by atoms with Gasteiger partial charge in [-0.2, -0.15) is 5.26 Å². The molecule has 0 heterocycles. The molecule has 0 unspecified atom stereocenters. The van der Waals surface area contributed by atoms with E-state index in [2.05, 4.69) is 44.2 Å². The number of unbranched alkanes of at least 4 members (excludes halogenated alkanes) is 7. The van der Waals surface area contributed by atoms with E-state index in [9.17, 15) is 10.1 Å². The van der Waals surface area contributed by atoms with Crippen LogP contribution < -0.4 is 4.74 Å². The molecular weight excluding hydrogens is 478 g/mol. The summed E-state index contributed by atoms with van der Waals surface area (Å²) in [6.07, 6.45) is 19.5. The first-order valence-corrected chi connectivity index (χ1v) is 15.9. The molecule has 0 bridgehead atoms. The Labute approximate surface area is 237 Å².